The van der Waals surface area contributed by atoms with Crippen molar-refractivity contribution in [2.75, 3.05) is 0 Å². The highest BCUT2D eigenvalue weighted by Crippen LogP contribution is 2.24. The summed E-state index contributed by atoms with van der Waals surface area (Å²) in [6.07, 6.45) is 3.52. The first-order valence-corrected chi connectivity index (χ1v) is 6.67. The van der Waals surface area contributed by atoms with Crippen LogP contribution in [0.5, 0.6) is 0 Å². The molecule has 0 bridgehead atoms. The first-order valence-electron chi connectivity index (χ1n) is 6.67. The van der Waals surface area contributed by atoms with Crippen molar-refractivity contribution in [1.29, 1.82) is 0 Å². The maximum absolute atomic E-state index is 12.2. The standard InChI is InChI=1S/C14H14N4O3/c19-12-8-11(9-3-5-15-6-4-9)16-13-10(17-14(20)21)2-1-7-18(12)13/h3-6,8,10,17H,1-2,7H2,(H,20,21). The molecule has 21 heavy (non-hydrogen) atoms. The van der Waals surface area contributed by atoms with Crippen LogP contribution < -0.4 is 10.9 Å². The lowest BCUT2D eigenvalue weighted by Crippen LogP contribution is -2.37. The van der Waals surface area contributed by atoms with E-state index in [0.29, 0.717) is 24.5 Å². The second-order valence-electron chi connectivity index (χ2n) is 4.87. The highest BCUT2D eigenvalue weighted by Gasteiger charge is 2.24. The van der Waals surface area contributed by atoms with E-state index >= 15 is 0 Å². The fourth-order valence-corrected chi connectivity index (χ4v) is 2.55. The predicted octanol–water partition coefficient (Wildman–Crippen LogP) is 1.41. The van der Waals surface area contributed by atoms with E-state index in [1.807, 2.05) is 0 Å². The minimum absolute atomic E-state index is 0.163. The summed E-state index contributed by atoms with van der Waals surface area (Å²) in [7, 11) is 0. The highest BCUT2D eigenvalue weighted by molar-refractivity contribution is 5.65. The number of nitrogens with zero attached hydrogens (tertiary/aromatic N) is 3. The third-order valence-electron chi connectivity index (χ3n) is 3.50. The molecule has 0 radical (unpaired) electrons. The predicted molar refractivity (Wildman–Crippen MR) is 74.9 cm³/mol. The fourth-order valence-electron chi connectivity index (χ4n) is 2.55. The van der Waals surface area contributed by atoms with Crippen molar-refractivity contribution in [3.63, 3.8) is 0 Å². The van der Waals surface area contributed by atoms with Crippen LogP contribution in [-0.2, 0) is 6.54 Å². The zero-order chi connectivity index (χ0) is 14.8. The van der Waals surface area contributed by atoms with Crippen LogP contribution in [0.2, 0.25) is 0 Å². The van der Waals surface area contributed by atoms with Crippen LogP contribution in [-0.4, -0.2) is 25.7 Å². The molecule has 1 aliphatic heterocycles. The van der Waals surface area contributed by atoms with Crippen LogP contribution in [0, 0.1) is 0 Å². The average molecular weight is 286 g/mol. The molecule has 0 saturated heterocycles. The number of nitrogens with one attached hydrogen (secondary N) is 1. The molecule has 1 amide bonds. The molecule has 0 saturated carbocycles. The van der Waals surface area contributed by atoms with E-state index in [9.17, 15) is 9.59 Å². The lowest BCUT2D eigenvalue weighted by atomic mass is 10.1. The first-order chi connectivity index (χ1) is 10.1. The largest absolute Gasteiger partial charge is 0.465 e. The molecule has 1 unspecified atom stereocenters. The molecule has 0 aromatic carbocycles. The van der Waals surface area contributed by atoms with E-state index < -0.39 is 12.1 Å². The fraction of sp³-hybridized carbons (Fsp3) is 0.286. The van der Waals surface area contributed by atoms with Crippen LogP contribution in [0.4, 0.5) is 4.79 Å². The average Bonchev–Trinajstić information content (AvgIpc) is 2.48. The Kier molecular flexibility index (Phi) is 3.39. The third-order valence-corrected chi connectivity index (χ3v) is 3.50. The molecule has 1 atom stereocenters. The van der Waals surface area contributed by atoms with E-state index in [4.69, 9.17) is 5.11 Å². The van der Waals surface area contributed by atoms with Crippen molar-refractivity contribution in [2.45, 2.75) is 25.4 Å². The molecule has 2 aromatic rings. The van der Waals surface area contributed by atoms with Crippen LogP contribution >= 0.6 is 0 Å². The molecule has 108 valence electrons. The van der Waals surface area contributed by atoms with Gasteiger partial charge in [-0.1, -0.05) is 0 Å². The topological polar surface area (TPSA) is 97.1 Å². The summed E-state index contributed by atoms with van der Waals surface area (Å²) in [4.78, 5) is 31.5. The molecule has 3 rings (SSSR count). The summed E-state index contributed by atoms with van der Waals surface area (Å²) < 4.78 is 1.54. The maximum atomic E-state index is 12.2. The number of hydrogen-bond acceptors (Lipinski definition) is 4. The molecular weight excluding hydrogens is 272 g/mol. The normalized spacial score (nSPS) is 17.0. The molecule has 7 heteroatoms. The van der Waals surface area contributed by atoms with Crippen LogP contribution in [0.3, 0.4) is 0 Å². The smallest absolute Gasteiger partial charge is 0.405 e. The number of aromatic nitrogens is 3. The van der Waals surface area contributed by atoms with E-state index in [1.165, 1.54) is 10.6 Å². The van der Waals surface area contributed by atoms with Crippen LogP contribution in [0.15, 0.2) is 35.4 Å². The number of carboxylic acid groups (broad SMARTS) is 1. The second kappa shape index (κ2) is 5.35. The van der Waals surface area contributed by atoms with Gasteiger partial charge in [0.15, 0.2) is 0 Å². The monoisotopic (exact) mass is 286 g/mol. The maximum Gasteiger partial charge on any atom is 0.405 e. The van der Waals surface area contributed by atoms with Gasteiger partial charge < -0.3 is 10.4 Å². The number of fused-ring (bicyclic) bond motifs is 1. The van der Waals surface area contributed by atoms with Gasteiger partial charge in [0.2, 0.25) is 0 Å². The molecule has 7 nitrogen and oxygen atoms in total. The summed E-state index contributed by atoms with van der Waals surface area (Å²) in [5, 5.41) is 11.3. The van der Waals surface area contributed by atoms with Crippen LogP contribution in [0.1, 0.15) is 24.7 Å². The van der Waals surface area contributed by atoms with Gasteiger partial charge in [-0.2, -0.15) is 0 Å². The number of hydrogen-bond donors (Lipinski definition) is 2. The van der Waals surface area contributed by atoms with Gasteiger partial charge in [0.05, 0.1) is 11.7 Å². The van der Waals surface area contributed by atoms with Gasteiger partial charge >= 0.3 is 6.09 Å². The Morgan fingerprint density at radius 1 is 1.38 bits per heavy atom. The Morgan fingerprint density at radius 3 is 2.86 bits per heavy atom. The molecule has 3 heterocycles. The van der Waals surface area contributed by atoms with Gasteiger partial charge in [0.1, 0.15) is 5.82 Å². The summed E-state index contributed by atoms with van der Waals surface area (Å²) >= 11 is 0. The Morgan fingerprint density at radius 2 is 2.14 bits per heavy atom. The van der Waals surface area contributed by atoms with Gasteiger partial charge in [0, 0.05) is 30.6 Å². The Balaban J connectivity index is 2.09. The summed E-state index contributed by atoms with van der Waals surface area (Å²) in [6.45, 7) is 0.565. The van der Waals surface area contributed by atoms with E-state index in [1.54, 1.807) is 24.5 Å². The molecule has 1 aliphatic rings. The van der Waals surface area contributed by atoms with Crippen molar-refractivity contribution >= 4 is 6.09 Å². The zero-order valence-corrected chi connectivity index (χ0v) is 11.2. The number of rotatable bonds is 2. The number of carbonyl (C=O) groups is 1. The van der Waals surface area contributed by atoms with Crippen molar-refractivity contribution in [3.8, 4) is 11.3 Å². The molecular formula is C14H14N4O3. The SMILES string of the molecule is O=C(O)NC1CCCn2c1nc(-c1ccncc1)cc2=O. The van der Waals surface area contributed by atoms with Gasteiger partial charge in [-0.25, -0.2) is 9.78 Å². The number of amides is 1. The van der Waals surface area contributed by atoms with Gasteiger partial charge in [-0.15, -0.1) is 0 Å². The molecule has 0 fully saturated rings. The van der Waals surface area contributed by atoms with Crippen molar-refractivity contribution in [3.05, 3.63) is 46.8 Å². The Hall–Kier alpha value is -2.70. The van der Waals surface area contributed by atoms with Crippen LogP contribution in [0.25, 0.3) is 11.3 Å². The number of pyridine rings is 1. The molecule has 2 aromatic heterocycles. The van der Waals surface area contributed by atoms with Crippen molar-refractivity contribution in [2.24, 2.45) is 0 Å². The second-order valence-corrected chi connectivity index (χ2v) is 4.87. The zero-order valence-electron chi connectivity index (χ0n) is 11.2. The van der Waals surface area contributed by atoms with Gasteiger partial charge in [0.25, 0.3) is 5.56 Å². The summed E-state index contributed by atoms with van der Waals surface area (Å²) in [5.41, 5.74) is 1.15. The molecule has 0 aliphatic carbocycles. The first kappa shape index (κ1) is 13.3. The molecule has 0 spiro atoms. The third kappa shape index (κ3) is 2.62. The van der Waals surface area contributed by atoms with Gasteiger partial charge in [-0.05, 0) is 25.0 Å². The molecule has 2 N–H and O–H groups in total. The minimum Gasteiger partial charge on any atom is -0.465 e. The quantitative estimate of drug-likeness (QED) is 0.870. The Labute approximate surface area is 120 Å². The lowest BCUT2D eigenvalue weighted by Gasteiger charge is -2.25. The lowest BCUT2D eigenvalue weighted by molar-refractivity contribution is 0.186. The van der Waals surface area contributed by atoms with Gasteiger partial charge in [-0.3, -0.25) is 14.3 Å². The van der Waals surface area contributed by atoms with E-state index in [0.717, 1.165) is 12.0 Å². The summed E-state index contributed by atoms with van der Waals surface area (Å²) in [5.74, 6) is 0.475. The van der Waals surface area contributed by atoms with E-state index in [2.05, 4.69) is 15.3 Å². The summed E-state index contributed by atoms with van der Waals surface area (Å²) in [6, 6.07) is 4.55. The highest BCUT2D eigenvalue weighted by atomic mass is 16.4. The Bertz CT molecular complexity index is 727. The van der Waals surface area contributed by atoms with Crippen molar-refractivity contribution in [1.82, 2.24) is 19.9 Å². The van der Waals surface area contributed by atoms with Crippen molar-refractivity contribution < 1.29 is 9.90 Å². The minimum atomic E-state index is -1.11. The van der Waals surface area contributed by atoms with E-state index in [-0.39, 0.29) is 5.56 Å².